The standard InChI is InChI=1S/C27H28Cl2N2.CH4O/c1-4-11-24(25(29)18-19-28)26-20-30-27(31-26)17-15-21(5-2)14-16-22(6-3)23-12-9-7-8-10-13-23;1-2/h4-5,7-12,14-18,20H,1-2,6,13,19H2,3H3,(H,30,31);2H,1H3/b17-15+,21-14+,22-16+,24-11+,25-18+;. The van der Waals surface area contributed by atoms with Crippen LogP contribution in [-0.2, 0) is 0 Å². The Labute approximate surface area is 207 Å². The molecule has 1 aromatic heterocycles. The van der Waals surface area contributed by atoms with E-state index in [1.54, 1.807) is 18.3 Å². The van der Waals surface area contributed by atoms with Crippen molar-refractivity contribution in [3.05, 3.63) is 126 Å². The molecule has 0 amide bonds. The van der Waals surface area contributed by atoms with Crippen LogP contribution in [0.15, 0.2) is 114 Å². The van der Waals surface area contributed by atoms with Gasteiger partial charge in [0.1, 0.15) is 5.82 Å². The van der Waals surface area contributed by atoms with E-state index in [1.807, 2.05) is 24.3 Å². The Kier molecular flexibility index (Phi) is 14.3. The molecule has 3 nitrogen and oxygen atoms in total. The van der Waals surface area contributed by atoms with Gasteiger partial charge in [0.2, 0.25) is 0 Å². The first-order chi connectivity index (χ1) is 16.1. The molecule has 2 rings (SSSR count). The molecule has 0 spiro atoms. The lowest BCUT2D eigenvalue weighted by Gasteiger charge is -2.06. The topological polar surface area (TPSA) is 48.9 Å². The fourth-order valence-electron chi connectivity index (χ4n) is 2.98. The third-order valence-electron chi connectivity index (χ3n) is 4.62. The van der Waals surface area contributed by atoms with Gasteiger partial charge in [-0.3, -0.25) is 0 Å². The van der Waals surface area contributed by atoms with Gasteiger partial charge in [-0.05, 0) is 35.6 Å². The van der Waals surface area contributed by atoms with Crippen LogP contribution in [0.25, 0.3) is 11.6 Å². The molecule has 1 heterocycles. The van der Waals surface area contributed by atoms with E-state index in [1.165, 1.54) is 11.1 Å². The minimum atomic E-state index is 0.332. The predicted molar refractivity (Wildman–Crippen MR) is 146 cm³/mol. The first-order valence-corrected chi connectivity index (χ1v) is 11.5. The number of allylic oxidation sites excluding steroid dienone is 17. The van der Waals surface area contributed by atoms with Crippen LogP contribution in [-0.4, -0.2) is 28.1 Å². The van der Waals surface area contributed by atoms with Crippen molar-refractivity contribution in [3.63, 3.8) is 0 Å². The minimum absolute atomic E-state index is 0.332. The first-order valence-electron chi connectivity index (χ1n) is 10.6. The van der Waals surface area contributed by atoms with Gasteiger partial charge in [-0.2, -0.15) is 0 Å². The monoisotopic (exact) mass is 482 g/mol. The molecule has 5 heteroatoms. The van der Waals surface area contributed by atoms with Gasteiger partial charge in [0, 0.05) is 23.6 Å². The number of aliphatic hydroxyl groups is 1. The average molecular weight is 483 g/mol. The number of aromatic amines is 1. The van der Waals surface area contributed by atoms with Crippen molar-refractivity contribution in [2.24, 2.45) is 0 Å². The van der Waals surface area contributed by atoms with Crippen molar-refractivity contribution in [1.82, 2.24) is 9.97 Å². The molecule has 0 aromatic carbocycles. The number of hydrogen-bond donors (Lipinski definition) is 2. The number of H-pyrrole nitrogens is 1. The van der Waals surface area contributed by atoms with Gasteiger partial charge in [-0.1, -0.05) is 105 Å². The van der Waals surface area contributed by atoms with E-state index in [-0.39, 0.29) is 0 Å². The Bertz CT molecular complexity index is 1030. The predicted octanol–water partition coefficient (Wildman–Crippen LogP) is 7.85. The van der Waals surface area contributed by atoms with Crippen molar-refractivity contribution < 1.29 is 5.11 Å². The number of rotatable bonds is 10. The zero-order valence-corrected chi connectivity index (χ0v) is 20.8. The number of halogens is 2. The van der Waals surface area contributed by atoms with E-state index >= 15 is 0 Å². The van der Waals surface area contributed by atoms with Crippen molar-refractivity contribution >= 4 is 34.9 Å². The molecule has 0 fully saturated rings. The molecule has 0 bridgehead atoms. The smallest absolute Gasteiger partial charge is 0.130 e. The van der Waals surface area contributed by atoms with Gasteiger partial charge in [-0.15, -0.1) is 11.6 Å². The molecule has 1 aliphatic rings. The number of aliphatic hydroxyl groups excluding tert-OH is 1. The Morgan fingerprint density at radius 1 is 1.18 bits per heavy atom. The lowest BCUT2D eigenvalue weighted by atomic mass is 9.99. The van der Waals surface area contributed by atoms with Crippen LogP contribution >= 0.6 is 23.2 Å². The Morgan fingerprint density at radius 2 is 1.97 bits per heavy atom. The molecular formula is C28H32Cl2N2O. The molecule has 0 saturated carbocycles. The maximum absolute atomic E-state index is 7.00. The molecular weight excluding hydrogens is 451 g/mol. The summed E-state index contributed by atoms with van der Waals surface area (Å²) in [6.07, 6.45) is 29.4. The summed E-state index contributed by atoms with van der Waals surface area (Å²) in [6, 6.07) is 0. The molecule has 1 aliphatic carbocycles. The minimum Gasteiger partial charge on any atom is -0.400 e. The lowest BCUT2D eigenvalue weighted by Crippen LogP contribution is -1.87. The molecule has 0 atom stereocenters. The molecule has 0 saturated heterocycles. The zero-order valence-electron chi connectivity index (χ0n) is 19.3. The normalized spacial score (nSPS) is 15.1. The Balaban J connectivity index is 0.00000265. The zero-order chi connectivity index (χ0) is 24.5. The van der Waals surface area contributed by atoms with Crippen molar-refractivity contribution in [1.29, 1.82) is 0 Å². The highest BCUT2D eigenvalue weighted by Gasteiger charge is 2.08. The largest absolute Gasteiger partial charge is 0.400 e. The molecule has 0 unspecified atom stereocenters. The Hall–Kier alpha value is -2.85. The summed E-state index contributed by atoms with van der Waals surface area (Å²) in [5.41, 5.74) is 5.22. The van der Waals surface area contributed by atoms with Crippen LogP contribution in [0.5, 0.6) is 0 Å². The number of imidazole rings is 1. The molecule has 0 radical (unpaired) electrons. The summed E-state index contributed by atoms with van der Waals surface area (Å²) in [4.78, 5) is 7.69. The highest BCUT2D eigenvalue weighted by molar-refractivity contribution is 6.37. The first kappa shape index (κ1) is 28.2. The number of nitrogens with one attached hydrogen (secondary N) is 1. The van der Waals surface area contributed by atoms with Crippen LogP contribution < -0.4 is 0 Å². The SMILES string of the molecule is C=C/C=C(\C(Cl)=C/CCl)c1cnc(/C=C/C(C=C)=C/C=C(\CC)C2=CC=CC=CC2)[nH]1.CO. The van der Waals surface area contributed by atoms with Crippen molar-refractivity contribution in [2.75, 3.05) is 13.0 Å². The van der Waals surface area contributed by atoms with E-state index in [9.17, 15) is 0 Å². The van der Waals surface area contributed by atoms with Crippen LogP contribution in [0.3, 0.4) is 0 Å². The summed E-state index contributed by atoms with van der Waals surface area (Å²) >= 11 is 12.1. The van der Waals surface area contributed by atoms with Crippen LogP contribution in [0, 0.1) is 0 Å². The van der Waals surface area contributed by atoms with Gasteiger partial charge in [0.05, 0.1) is 11.9 Å². The summed E-state index contributed by atoms with van der Waals surface area (Å²) in [6.45, 7) is 9.85. The molecule has 174 valence electrons. The maximum Gasteiger partial charge on any atom is 0.130 e. The van der Waals surface area contributed by atoms with Gasteiger partial charge in [0.25, 0.3) is 0 Å². The van der Waals surface area contributed by atoms with Crippen molar-refractivity contribution in [2.45, 2.75) is 19.8 Å². The van der Waals surface area contributed by atoms with Crippen LogP contribution in [0.1, 0.15) is 31.3 Å². The van der Waals surface area contributed by atoms with Gasteiger partial charge in [0.15, 0.2) is 0 Å². The second-order valence-electron chi connectivity index (χ2n) is 6.66. The maximum atomic E-state index is 7.00. The van der Waals surface area contributed by atoms with Gasteiger partial charge >= 0.3 is 0 Å². The highest BCUT2D eigenvalue weighted by atomic mass is 35.5. The van der Waals surface area contributed by atoms with Crippen LogP contribution in [0.4, 0.5) is 0 Å². The average Bonchev–Trinajstić information content (AvgIpc) is 3.14. The molecule has 2 N–H and O–H groups in total. The molecule has 1 aromatic rings. The number of aromatic nitrogens is 2. The quantitative estimate of drug-likeness (QED) is 0.263. The lowest BCUT2D eigenvalue weighted by molar-refractivity contribution is 0.399. The van der Waals surface area contributed by atoms with Gasteiger partial charge < -0.3 is 10.1 Å². The van der Waals surface area contributed by atoms with Gasteiger partial charge in [-0.25, -0.2) is 4.98 Å². The fraction of sp³-hybridized carbons (Fsp3) is 0.179. The summed E-state index contributed by atoms with van der Waals surface area (Å²) in [7, 11) is 1.00. The summed E-state index contributed by atoms with van der Waals surface area (Å²) < 4.78 is 0. The third-order valence-corrected chi connectivity index (χ3v) is 5.13. The van der Waals surface area contributed by atoms with E-state index in [2.05, 4.69) is 72.6 Å². The molecule has 0 aliphatic heterocycles. The van der Waals surface area contributed by atoms with E-state index in [0.29, 0.717) is 10.9 Å². The number of alkyl halides is 1. The highest BCUT2D eigenvalue weighted by Crippen LogP contribution is 2.25. The van der Waals surface area contributed by atoms with E-state index in [0.717, 1.165) is 42.6 Å². The number of nitrogens with zero attached hydrogens (tertiary/aromatic N) is 1. The van der Waals surface area contributed by atoms with Crippen LogP contribution in [0.2, 0.25) is 0 Å². The second-order valence-corrected chi connectivity index (χ2v) is 7.38. The fourth-order valence-corrected chi connectivity index (χ4v) is 3.46. The molecule has 33 heavy (non-hydrogen) atoms. The van der Waals surface area contributed by atoms with E-state index in [4.69, 9.17) is 28.3 Å². The summed E-state index contributed by atoms with van der Waals surface area (Å²) in [5.74, 6) is 1.05. The summed E-state index contributed by atoms with van der Waals surface area (Å²) in [5, 5.41) is 7.55. The number of hydrogen-bond acceptors (Lipinski definition) is 2. The Morgan fingerprint density at radius 3 is 2.64 bits per heavy atom. The van der Waals surface area contributed by atoms with E-state index < -0.39 is 0 Å². The third kappa shape index (κ3) is 9.67. The van der Waals surface area contributed by atoms with Crippen molar-refractivity contribution in [3.8, 4) is 0 Å². The second kappa shape index (κ2) is 16.7.